The number of halogens is 5. The normalized spacial score (nSPS) is 26.1. The van der Waals surface area contributed by atoms with Crippen LogP contribution in [0.3, 0.4) is 0 Å². The summed E-state index contributed by atoms with van der Waals surface area (Å²) in [4.78, 5) is 18.6. The van der Waals surface area contributed by atoms with E-state index in [1.54, 1.807) is 11.0 Å². The van der Waals surface area contributed by atoms with Gasteiger partial charge in [0.15, 0.2) is 0 Å². The fourth-order valence-corrected chi connectivity index (χ4v) is 4.83. The standard InChI is InChI=1S/C20H17F4IN2O2/c1-10-11-6-16(27(10)19(28)14-8-13(21)3-4-15(14)25)17(7-11)29-18-5-2-12(9-26-18)20(22,23)24/h2-5,8-11,16-17H,6-7H2,1H3. The van der Waals surface area contributed by atoms with Gasteiger partial charge in [-0.1, -0.05) is 0 Å². The first-order valence-corrected chi connectivity index (χ1v) is 10.2. The summed E-state index contributed by atoms with van der Waals surface area (Å²) >= 11 is 2.00. The number of amides is 1. The number of fused-ring (bicyclic) bond motifs is 2. The minimum Gasteiger partial charge on any atom is -0.472 e. The molecule has 2 bridgehead atoms. The molecule has 2 heterocycles. The van der Waals surface area contributed by atoms with Crippen LogP contribution in [0.4, 0.5) is 17.6 Å². The van der Waals surface area contributed by atoms with E-state index in [0.29, 0.717) is 15.6 Å². The maximum atomic E-state index is 13.7. The van der Waals surface area contributed by atoms with Crippen LogP contribution < -0.4 is 4.74 Å². The number of carbonyl (C=O) groups excluding carboxylic acids is 1. The predicted molar refractivity (Wildman–Crippen MR) is 105 cm³/mol. The van der Waals surface area contributed by atoms with Gasteiger partial charge >= 0.3 is 6.18 Å². The summed E-state index contributed by atoms with van der Waals surface area (Å²) in [7, 11) is 0. The van der Waals surface area contributed by atoms with Crippen molar-refractivity contribution in [2.24, 2.45) is 5.92 Å². The number of ether oxygens (including phenoxy) is 1. The van der Waals surface area contributed by atoms with Crippen molar-refractivity contribution in [3.63, 3.8) is 0 Å². The second kappa shape index (κ2) is 7.41. The molecule has 29 heavy (non-hydrogen) atoms. The molecule has 2 aromatic rings. The van der Waals surface area contributed by atoms with E-state index in [0.717, 1.165) is 18.7 Å². The lowest BCUT2D eigenvalue weighted by atomic mass is 9.98. The summed E-state index contributed by atoms with van der Waals surface area (Å²) in [5, 5.41) is 0. The Morgan fingerprint density at radius 2 is 2.00 bits per heavy atom. The molecule has 4 nitrogen and oxygen atoms in total. The van der Waals surface area contributed by atoms with Crippen LogP contribution in [0.15, 0.2) is 36.5 Å². The van der Waals surface area contributed by atoms with E-state index in [9.17, 15) is 22.4 Å². The van der Waals surface area contributed by atoms with Gasteiger partial charge in [0, 0.05) is 21.9 Å². The first kappa shape index (κ1) is 20.4. The van der Waals surface area contributed by atoms with Crippen LogP contribution in [0, 0.1) is 15.3 Å². The lowest BCUT2D eigenvalue weighted by Crippen LogP contribution is -2.51. The van der Waals surface area contributed by atoms with Gasteiger partial charge in [-0.3, -0.25) is 4.79 Å². The Kier molecular flexibility index (Phi) is 5.20. The van der Waals surface area contributed by atoms with Crippen LogP contribution in [0.2, 0.25) is 0 Å². The van der Waals surface area contributed by atoms with E-state index in [2.05, 4.69) is 4.98 Å². The van der Waals surface area contributed by atoms with Gasteiger partial charge in [0.25, 0.3) is 5.91 Å². The molecule has 2 aliphatic rings. The van der Waals surface area contributed by atoms with Gasteiger partial charge < -0.3 is 9.64 Å². The summed E-state index contributed by atoms with van der Waals surface area (Å²) in [5.41, 5.74) is -0.541. The first-order valence-electron chi connectivity index (χ1n) is 9.13. The Labute approximate surface area is 178 Å². The number of piperidine rings is 1. The van der Waals surface area contributed by atoms with Crippen molar-refractivity contribution in [2.45, 2.75) is 44.1 Å². The molecule has 0 spiro atoms. The molecule has 1 saturated carbocycles. The maximum Gasteiger partial charge on any atom is 0.417 e. The Bertz CT molecular complexity index is 935. The topological polar surface area (TPSA) is 42.4 Å². The fourth-order valence-electron chi connectivity index (χ4n) is 4.26. The van der Waals surface area contributed by atoms with Crippen LogP contribution in [-0.2, 0) is 6.18 Å². The van der Waals surface area contributed by atoms with Crippen molar-refractivity contribution >= 4 is 28.5 Å². The molecule has 4 atom stereocenters. The number of alkyl halides is 3. The molecule has 1 aliphatic carbocycles. The molecule has 1 saturated heterocycles. The van der Waals surface area contributed by atoms with Crippen molar-refractivity contribution in [1.82, 2.24) is 9.88 Å². The van der Waals surface area contributed by atoms with Gasteiger partial charge in [-0.05, 0) is 72.5 Å². The van der Waals surface area contributed by atoms with Gasteiger partial charge in [-0.15, -0.1) is 0 Å². The Morgan fingerprint density at radius 1 is 1.24 bits per heavy atom. The van der Waals surface area contributed by atoms with Crippen molar-refractivity contribution in [3.8, 4) is 5.88 Å². The number of likely N-dealkylation sites (tertiary alicyclic amines) is 1. The summed E-state index contributed by atoms with van der Waals surface area (Å²) in [6, 6.07) is 5.96. The highest BCUT2D eigenvalue weighted by Crippen LogP contribution is 2.44. The highest BCUT2D eigenvalue weighted by molar-refractivity contribution is 14.1. The van der Waals surface area contributed by atoms with E-state index in [1.165, 1.54) is 18.2 Å². The molecule has 154 valence electrons. The van der Waals surface area contributed by atoms with E-state index >= 15 is 0 Å². The molecule has 1 amide bonds. The molecule has 1 aromatic heterocycles. The van der Waals surface area contributed by atoms with Gasteiger partial charge in [-0.25, -0.2) is 9.37 Å². The Hall–Kier alpha value is -1.91. The second-order valence-electron chi connectivity index (χ2n) is 7.42. The number of rotatable bonds is 3. The summed E-state index contributed by atoms with van der Waals surface area (Å²) < 4.78 is 58.3. The zero-order valence-corrected chi connectivity index (χ0v) is 17.4. The first-order chi connectivity index (χ1) is 13.6. The van der Waals surface area contributed by atoms with Crippen molar-refractivity contribution < 1.29 is 27.1 Å². The van der Waals surface area contributed by atoms with Crippen LogP contribution in [0.1, 0.15) is 35.7 Å². The molecule has 4 rings (SSSR count). The third kappa shape index (κ3) is 3.80. The number of hydrogen-bond donors (Lipinski definition) is 0. The zero-order chi connectivity index (χ0) is 20.9. The number of aromatic nitrogens is 1. The van der Waals surface area contributed by atoms with Crippen LogP contribution in [0.25, 0.3) is 0 Å². The molecule has 0 N–H and O–H groups in total. The van der Waals surface area contributed by atoms with Crippen LogP contribution >= 0.6 is 22.6 Å². The van der Waals surface area contributed by atoms with Crippen LogP contribution in [0.5, 0.6) is 5.88 Å². The lowest BCUT2D eigenvalue weighted by molar-refractivity contribution is -0.137. The molecule has 1 aliphatic heterocycles. The molecule has 4 unspecified atom stereocenters. The zero-order valence-electron chi connectivity index (χ0n) is 15.3. The second-order valence-corrected chi connectivity index (χ2v) is 8.58. The van der Waals surface area contributed by atoms with Gasteiger partial charge in [0.05, 0.1) is 17.2 Å². The number of benzene rings is 1. The van der Waals surface area contributed by atoms with Crippen molar-refractivity contribution in [3.05, 3.63) is 57.0 Å². The minimum atomic E-state index is -4.46. The smallest absolute Gasteiger partial charge is 0.417 e. The maximum absolute atomic E-state index is 13.7. The van der Waals surface area contributed by atoms with Crippen LogP contribution in [-0.4, -0.2) is 34.0 Å². The summed E-state index contributed by atoms with van der Waals surface area (Å²) in [6.07, 6.45) is -2.65. The average Bonchev–Trinajstić information content (AvgIpc) is 3.20. The lowest BCUT2D eigenvalue weighted by Gasteiger charge is -2.37. The Morgan fingerprint density at radius 3 is 2.62 bits per heavy atom. The third-order valence-corrected chi connectivity index (χ3v) is 6.66. The number of carbonyl (C=O) groups is 1. The summed E-state index contributed by atoms with van der Waals surface area (Å²) in [6.45, 7) is 1.96. The quantitative estimate of drug-likeness (QED) is 0.427. The van der Waals surface area contributed by atoms with E-state index < -0.39 is 17.6 Å². The highest BCUT2D eigenvalue weighted by Gasteiger charge is 2.52. The number of hydrogen-bond acceptors (Lipinski definition) is 3. The van der Waals surface area contributed by atoms with Gasteiger partial charge in [-0.2, -0.15) is 13.2 Å². The van der Waals surface area contributed by atoms with E-state index in [-0.39, 0.29) is 35.9 Å². The molecule has 1 aromatic carbocycles. The van der Waals surface area contributed by atoms with Crippen molar-refractivity contribution in [2.75, 3.05) is 0 Å². The fraction of sp³-hybridized carbons (Fsp3) is 0.400. The van der Waals surface area contributed by atoms with E-state index in [4.69, 9.17) is 4.74 Å². The number of pyridine rings is 1. The molecular formula is C20H17F4IN2O2. The molecule has 0 radical (unpaired) electrons. The highest BCUT2D eigenvalue weighted by atomic mass is 127. The van der Waals surface area contributed by atoms with E-state index in [1.807, 2.05) is 29.5 Å². The average molecular weight is 520 g/mol. The largest absolute Gasteiger partial charge is 0.472 e. The molecular weight excluding hydrogens is 503 g/mol. The number of nitrogens with zero attached hydrogens (tertiary/aromatic N) is 2. The van der Waals surface area contributed by atoms with Gasteiger partial charge in [0.1, 0.15) is 11.9 Å². The molecule has 2 fully saturated rings. The minimum absolute atomic E-state index is 0.0213. The SMILES string of the molecule is CC1C2CC(Oc3ccc(C(F)(F)F)cn3)C(C2)N1C(=O)c1cc(F)ccc1I. The Balaban J connectivity index is 1.53. The summed E-state index contributed by atoms with van der Waals surface area (Å²) in [5.74, 6) is -0.430. The third-order valence-electron chi connectivity index (χ3n) is 5.72. The molecule has 9 heteroatoms. The van der Waals surface area contributed by atoms with Crippen molar-refractivity contribution in [1.29, 1.82) is 0 Å². The monoisotopic (exact) mass is 520 g/mol. The van der Waals surface area contributed by atoms with Gasteiger partial charge in [0.2, 0.25) is 5.88 Å². The predicted octanol–water partition coefficient (Wildman–Crippen LogP) is 4.91.